The second-order valence-electron chi connectivity index (χ2n) is 8.75. The molecule has 1 heterocycles. The summed E-state index contributed by atoms with van der Waals surface area (Å²) in [6, 6.07) is 16.8. The lowest BCUT2D eigenvalue weighted by atomic mass is 10.1. The van der Waals surface area contributed by atoms with Crippen molar-refractivity contribution in [2.45, 2.75) is 25.7 Å². The summed E-state index contributed by atoms with van der Waals surface area (Å²) in [4.78, 5) is 24.2. The topological polar surface area (TPSA) is 156 Å². The minimum atomic E-state index is -3.92. The van der Waals surface area contributed by atoms with Crippen molar-refractivity contribution in [3.8, 4) is 17.3 Å². The fourth-order valence-corrected chi connectivity index (χ4v) is 5.86. The highest BCUT2D eigenvalue weighted by atomic mass is 32.2. The molecular formula is C28H29N5O7S. The van der Waals surface area contributed by atoms with Crippen LogP contribution in [0.5, 0.6) is 11.6 Å². The van der Waals surface area contributed by atoms with Crippen LogP contribution in [0, 0.1) is 10.1 Å². The van der Waals surface area contributed by atoms with E-state index in [4.69, 9.17) is 4.74 Å². The lowest BCUT2D eigenvalue weighted by Crippen LogP contribution is -2.30. The van der Waals surface area contributed by atoms with E-state index in [0.717, 1.165) is 10.6 Å². The zero-order valence-electron chi connectivity index (χ0n) is 22.6. The van der Waals surface area contributed by atoms with Gasteiger partial charge in [-0.2, -0.15) is 9.41 Å². The molecule has 0 fully saturated rings. The van der Waals surface area contributed by atoms with Gasteiger partial charge in [-0.25, -0.2) is 13.0 Å². The van der Waals surface area contributed by atoms with Gasteiger partial charge < -0.3 is 9.84 Å². The minimum absolute atomic E-state index is 0.0617. The van der Waals surface area contributed by atoms with Crippen LogP contribution in [0.4, 0.5) is 11.4 Å². The fraction of sp³-hybridized carbons (Fsp3) is 0.214. The van der Waals surface area contributed by atoms with E-state index in [2.05, 4.69) is 10.5 Å². The lowest BCUT2D eigenvalue weighted by molar-refractivity contribution is -0.384. The maximum absolute atomic E-state index is 13.3. The van der Waals surface area contributed by atoms with Crippen molar-refractivity contribution < 1.29 is 23.2 Å². The molecule has 1 aromatic heterocycles. The molecule has 41 heavy (non-hydrogen) atoms. The van der Waals surface area contributed by atoms with E-state index in [1.54, 1.807) is 62.4 Å². The van der Waals surface area contributed by atoms with Crippen molar-refractivity contribution >= 4 is 38.4 Å². The van der Waals surface area contributed by atoms with Crippen molar-refractivity contribution in [3.63, 3.8) is 0 Å². The Morgan fingerprint density at radius 2 is 1.71 bits per heavy atom. The molecule has 12 nitrogen and oxygen atoms in total. The largest absolute Gasteiger partial charge is 0.494 e. The number of pyridine rings is 1. The Hall–Kier alpha value is -4.75. The van der Waals surface area contributed by atoms with Gasteiger partial charge in [-0.15, -0.1) is 0 Å². The van der Waals surface area contributed by atoms with Crippen molar-refractivity contribution in [2.75, 3.05) is 25.1 Å². The Kier molecular flexibility index (Phi) is 8.69. The molecule has 0 aliphatic heterocycles. The molecule has 0 aliphatic carbocycles. The third-order valence-electron chi connectivity index (χ3n) is 6.40. The summed E-state index contributed by atoms with van der Waals surface area (Å²) in [5, 5.41) is 27.8. The van der Waals surface area contributed by atoms with Gasteiger partial charge in [-0.3, -0.25) is 20.3 Å². The summed E-state index contributed by atoms with van der Waals surface area (Å²) in [5.74, 6) is 0.214. The van der Waals surface area contributed by atoms with Gasteiger partial charge in [0.1, 0.15) is 11.4 Å². The predicted molar refractivity (Wildman–Crippen MR) is 157 cm³/mol. The summed E-state index contributed by atoms with van der Waals surface area (Å²) >= 11 is 0. The lowest BCUT2D eigenvalue weighted by Gasteiger charge is -2.18. The highest BCUT2D eigenvalue weighted by Gasteiger charge is 2.26. The van der Waals surface area contributed by atoms with Gasteiger partial charge in [0.15, 0.2) is 0 Å². The minimum Gasteiger partial charge on any atom is -0.494 e. The zero-order chi connectivity index (χ0) is 29.7. The number of aromatic hydroxyl groups is 1. The number of nitrogens with one attached hydrogen (secondary N) is 1. The number of benzene rings is 3. The van der Waals surface area contributed by atoms with E-state index in [-0.39, 0.29) is 29.2 Å². The fourth-order valence-electron chi connectivity index (χ4n) is 4.38. The summed E-state index contributed by atoms with van der Waals surface area (Å²) in [6.45, 7) is 6.11. The van der Waals surface area contributed by atoms with E-state index in [1.807, 2.05) is 6.92 Å². The first-order valence-corrected chi connectivity index (χ1v) is 14.3. The quantitative estimate of drug-likeness (QED) is 0.150. The summed E-state index contributed by atoms with van der Waals surface area (Å²) < 4.78 is 33.5. The maximum atomic E-state index is 13.3. The normalized spacial score (nSPS) is 11.8. The highest BCUT2D eigenvalue weighted by Crippen LogP contribution is 2.30. The number of anilines is 1. The predicted octanol–water partition coefficient (Wildman–Crippen LogP) is 4.48. The Bertz CT molecular complexity index is 1780. The van der Waals surface area contributed by atoms with Crippen LogP contribution in [0.1, 0.15) is 26.3 Å². The number of aromatic nitrogens is 1. The molecule has 0 amide bonds. The van der Waals surface area contributed by atoms with Gasteiger partial charge in [0.05, 0.1) is 33.9 Å². The average Bonchev–Trinajstić information content (AvgIpc) is 2.96. The van der Waals surface area contributed by atoms with Crippen LogP contribution in [-0.2, 0) is 10.0 Å². The van der Waals surface area contributed by atoms with Crippen LogP contribution in [0.25, 0.3) is 16.5 Å². The number of nitro benzene ring substituents is 1. The van der Waals surface area contributed by atoms with Gasteiger partial charge in [0.2, 0.25) is 15.9 Å². The van der Waals surface area contributed by atoms with Crippen LogP contribution in [0.15, 0.2) is 81.5 Å². The molecule has 13 heteroatoms. The zero-order valence-corrected chi connectivity index (χ0v) is 23.5. The first-order chi connectivity index (χ1) is 19.6. The molecule has 4 aromatic rings. The summed E-state index contributed by atoms with van der Waals surface area (Å²) in [7, 11) is -3.92. The van der Waals surface area contributed by atoms with Crippen LogP contribution in [-0.4, -0.2) is 53.2 Å². The third-order valence-corrected chi connectivity index (χ3v) is 8.44. The first-order valence-electron chi connectivity index (χ1n) is 12.8. The van der Waals surface area contributed by atoms with Gasteiger partial charge in [0.25, 0.3) is 11.2 Å². The Morgan fingerprint density at radius 1 is 1.05 bits per heavy atom. The second kappa shape index (κ2) is 12.2. The molecule has 0 radical (unpaired) electrons. The van der Waals surface area contributed by atoms with Gasteiger partial charge in [0, 0.05) is 29.9 Å². The van der Waals surface area contributed by atoms with E-state index >= 15 is 0 Å². The molecule has 0 saturated heterocycles. The maximum Gasteiger partial charge on any atom is 0.295 e. The number of ether oxygens (including phenoxy) is 1. The molecule has 0 saturated carbocycles. The molecule has 214 valence electrons. The molecule has 0 atom stereocenters. The van der Waals surface area contributed by atoms with Crippen LogP contribution in [0.3, 0.4) is 0 Å². The standard InChI is InChI=1S/C28H29N5O7S/c1-4-31(5-2)41(38,39)21-15-16-25(26(17-21)33(36)37)30-29-18-24-22-9-7-8-10-23(22)27(34)32(28(24)35)19-11-13-20(14-12-19)40-6-3/h7-18,30,35H,4-6H2,1-3H3/b29-18+. The molecule has 0 unspecified atom stereocenters. The molecule has 3 aromatic carbocycles. The number of hydrazone groups is 1. The van der Waals surface area contributed by atoms with Gasteiger partial charge in [-0.05, 0) is 49.4 Å². The summed E-state index contributed by atoms with van der Waals surface area (Å²) in [5.41, 5.74) is 2.14. The van der Waals surface area contributed by atoms with Crippen molar-refractivity contribution in [1.29, 1.82) is 0 Å². The van der Waals surface area contributed by atoms with Crippen LogP contribution in [0.2, 0.25) is 0 Å². The monoisotopic (exact) mass is 579 g/mol. The van der Waals surface area contributed by atoms with E-state index in [9.17, 15) is 28.4 Å². The molecular weight excluding hydrogens is 550 g/mol. The van der Waals surface area contributed by atoms with Gasteiger partial charge in [-0.1, -0.05) is 32.0 Å². The highest BCUT2D eigenvalue weighted by molar-refractivity contribution is 7.89. The van der Waals surface area contributed by atoms with Crippen LogP contribution >= 0.6 is 0 Å². The number of nitro groups is 1. The van der Waals surface area contributed by atoms with Crippen molar-refractivity contribution in [3.05, 3.63) is 92.8 Å². The summed E-state index contributed by atoms with van der Waals surface area (Å²) in [6.07, 6.45) is 1.24. The number of sulfonamides is 1. The number of rotatable bonds is 11. The van der Waals surface area contributed by atoms with Gasteiger partial charge >= 0.3 is 0 Å². The number of fused-ring (bicyclic) bond motifs is 1. The smallest absolute Gasteiger partial charge is 0.295 e. The van der Waals surface area contributed by atoms with Crippen molar-refractivity contribution in [1.82, 2.24) is 8.87 Å². The van der Waals surface area contributed by atoms with Crippen molar-refractivity contribution in [2.24, 2.45) is 5.10 Å². The molecule has 2 N–H and O–H groups in total. The Balaban J connectivity index is 1.76. The number of hydrogen-bond donors (Lipinski definition) is 2. The first kappa shape index (κ1) is 29.2. The van der Waals surface area contributed by atoms with Crippen LogP contribution < -0.4 is 15.7 Å². The van der Waals surface area contributed by atoms with E-state index in [0.29, 0.717) is 28.8 Å². The third kappa shape index (κ3) is 5.76. The molecule has 0 spiro atoms. The molecule has 0 aliphatic rings. The van der Waals surface area contributed by atoms with E-state index < -0.39 is 32.1 Å². The average molecular weight is 580 g/mol. The Morgan fingerprint density at radius 3 is 2.32 bits per heavy atom. The Labute approximate surface area is 236 Å². The number of hydrogen-bond acceptors (Lipinski definition) is 9. The second-order valence-corrected chi connectivity index (χ2v) is 10.7. The molecule has 0 bridgehead atoms. The molecule has 4 rings (SSSR count). The van der Waals surface area contributed by atoms with E-state index in [1.165, 1.54) is 22.7 Å². The SMILES string of the molecule is CCOc1ccc(-n2c(O)c(/C=N/Nc3ccc(S(=O)(=O)N(CC)CC)cc3[N+](=O)[O-])c3ccccc3c2=O)cc1. The number of nitrogens with zero attached hydrogens (tertiary/aromatic N) is 4.